The molecule has 11 nitrogen and oxygen atoms in total. The van der Waals surface area contributed by atoms with Crippen molar-refractivity contribution >= 4 is 23.8 Å². The van der Waals surface area contributed by atoms with Gasteiger partial charge < -0.3 is 30.1 Å². The highest BCUT2D eigenvalue weighted by atomic mass is 19.3. The summed E-state index contributed by atoms with van der Waals surface area (Å²) >= 11 is 0. The summed E-state index contributed by atoms with van der Waals surface area (Å²) in [5, 5.41) is 21.7. The molecule has 46 heavy (non-hydrogen) atoms. The molecule has 1 unspecified atom stereocenters. The summed E-state index contributed by atoms with van der Waals surface area (Å²) in [6, 6.07) is 5.98. The number of carbonyl (C=O) groups is 2. The fourth-order valence-corrected chi connectivity index (χ4v) is 6.76. The predicted octanol–water partition coefficient (Wildman–Crippen LogP) is 6.00. The number of hydrogen-bond donors (Lipinski definition) is 3. The Balaban J connectivity index is 1.34. The third-order valence-electron chi connectivity index (χ3n) is 9.56. The Morgan fingerprint density at radius 3 is 2.52 bits per heavy atom. The zero-order valence-electron chi connectivity index (χ0n) is 26.5. The van der Waals surface area contributed by atoms with Crippen molar-refractivity contribution < 1.29 is 33.3 Å². The first-order chi connectivity index (χ1) is 22.2. The first-order valence-corrected chi connectivity index (χ1v) is 16.5. The molecule has 0 radical (unpaired) electrons. The van der Waals surface area contributed by atoms with Crippen LogP contribution in [0, 0.1) is 5.92 Å². The molecule has 2 fully saturated rings. The number of aliphatic hydroxyl groups excluding tert-OH is 1. The Morgan fingerprint density at radius 1 is 1.09 bits per heavy atom. The molecule has 2 aromatic rings. The fraction of sp³-hybridized carbons (Fsp3) is 0.636. The van der Waals surface area contributed by atoms with Crippen LogP contribution in [0.25, 0.3) is 0 Å². The number of amides is 3. The molecule has 0 aliphatic carbocycles. The number of likely N-dealkylation sites (tertiary alicyclic amines) is 1. The second kappa shape index (κ2) is 15.3. The number of benzene rings is 1. The van der Waals surface area contributed by atoms with Crippen LogP contribution in [-0.4, -0.2) is 87.6 Å². The third-order valence-corrected chi connectivity index (χ3v) is 9.56. The molecule has 2 saturated heterocycles. The molecule has 1 aromatic heterocycles. The molecule has 3 aliphatic rings. The van der Waals surface area contributed by atoms with Crippen LogP contribution < -0.4 is 10.2 Å². The molecule has 0 spiro atoms. The van der Waals surface area contributed by atoms with E-state index in [2.05, 4.69) is 15.3 Å². The van der Waals surface area contributed by atoms with E-state index in [4.69, 9.17) is 9.84 Å². The highest BCUT2D eigenvalue weighted by molar-refractivity contribution is 5.94. The minimum atomic E-state index is -3.10. The van der Waals surface area contributed by atoms with Crippen molar-refractivity contribution in [2.45, 2.75) is 89.3 Å². The minimum Gasteiger partial charge on any atom is -0.465 e. The summed E-state index contributed by atoms with van der Waals surface area (Å²) in [5.41, 5.74) is 1.38. The maximum absolute atomic E-state index is 15.7. The van der Waals surface area contributed by atoms with Gasteiger partial charge in [-0.15, -0.1) is 0 Å². The van der Waals surface area contributed by atoms with E-state index in [1.54, 1.807) is 17.0 Å². The van der Waals surface area contributed by atoms with Crippen LogP contribution >= 0.6 is 0 Å². The molecule has 0 bridgehead atoms. The van der Waals surface area contributed by atoms with E-state index in [9.17, 15) is 14.7 Å². The molecular formula is C33H46F2N6O5. The van der Waals surface area contributed by atoms with Crippen molar-refractivity contribution in [1.82, 2.24) is 19.8 Å². The summed E-state index contributed by atoms with van der Waals surface area (Å²) in [7, 11) is 0. The van der Waals surface area contributed by atoms with Crippen LogP contribution in [-0.2, 0) is 17.2 Å². The van der Waals surface area contributed by atoms with Crippen molar-refractivity contribution in [3.63, 3.8) is 0 Å². The van der Waals surface area contributed by atoms with Gasteiger partial charge in [0.1, 0.15) is 18.0 Å². The molecule has 1 atom stereocenters. The Labute approximate surface area is 268 Å². The van der Waals surface area contributed by atoms with Crippen LogP contribution in [0.1, 0.15) is 87.4 Å². The van der Waals surface area contributed by atoms with Gasteiger partial charge in [-0.2, -0.15) is 0 Å². The highest BCUT2D eigenvalue weighted by Crippen LogP contribution is 2.42. The normalized spacial score (nSPS) is 18.9. The van der Waals surface area contributed by atoms with Crippen LogP contribution in [0.5, 0.6) is 0 Å². The highest BCUT2D eigenvalue weighted by Gasteiger charge is 2.43. The van der Waals surface area contributed by atoms with Gasteiger partial charge in [-0.25, -0.2) is 28.3 Å². The molecule has 3 N–H and O–H groups in total. The maximum atomic E-state index is 15.7. The van der Waals surface area contributed by atoms with E-state index in [1.165, 1.54) is 23.4 Å². The lowest BCUT2D eigenvalue weighted by Gasteiger charge is -2.42. The number of aromatic nitrogens is 2. The number of aliphatic hydroxyl groups is 1. The smallest absolute Gasteiger partial charge is 0.407 e. The van der Waals surface area contributed by atoms with Gasteiger partial charge in [-0.1, -0.05) is 37.5 Å². The number of alkyl halides is 2. The topological polar surface area (TPSA) is 131 Å². The number of carbonyl (C=O) groups excluding carboxylic acids is 1. The number of anilines is 2. The standard InChI is InChI=1S/C33H46F2N6O5/c1-23(24-8-7-9-26(20-24)33(34,35)25-10-15-39(16-11-25)32(44)45)38-29-28-21-41(27-12-18-46-19-13-27)31(43)40(30(28)37-22-36-29)14-5-3-2-4-6-17-42/h7-9,20,22-23,25,27,42H,2-6,10-19,21H2,1H3,(H,44,45)(H,36,37,38). The van der Waals surface area contributed by atoms with Crippen molar-refractivity contribution in [2.24, 2.45) is 5.92 Å². The minimum absolute atomic E-state index is 0.0354. The Bertz CT molecular complexity index is 1340. The molecular weight excluding hydrogens is 598 g/mol. The van der Waals surface area contributed by atoms with E-state index in [0.29, 0.717) is 43.5 Å². The summed E-state index contributed by atoms with van der Waals surface area (Å²) in [5.74, 6) is -2.91. The van der Waals surface area contributed by atoms with Crippen molar-refractivity contribution in [3.8, 4) is 0 Å². The molecule has 4 heterocycles. The number of nitrogens with one attached hydrogen (secondary N) is 1. The lowest BCUT2D eigenvalue weighted by atomic mass is 9.85. The van der Waals surface area contributed by atoms with Crippen LogP contribution in [0.15, 0.2) is 30.6 Å². The molecule has 5 rings (SSSR count). The Morgan fingerprint density at radius 2 is 1.80 bits per heavy atom. The predicted molar refractivity (Wildman–Crippen MR) is 169 cm³/mol. The summed E-state index contributed by atoms with van der Waals surface area (Å²) in [6.45, 7) is 4.32. The van der Waals surface area contributed by atoms with Crippen molar-refractivity contribution in [2.75, 3.05) is 49.7 Å². The molecule has 252 valence electrons. The molecule has 3 aliphatic heterocycles. The quantitative estimate of drug-likeness (QED) is 0.227. The van der Waals surface area contributed by atoms with Crippen LogP contribution in [0.3, 0.4) is 0 Å². The number of urea groups is 1. The number of piperidine rings is 1. The second-order valence-corrected chi connectivity index (χ2v) is 12.6. The monoisotopic (exact) mass is 644 g/mol. The molecule has 1 aromatic carbocycles. The number of hydrogen-bond acceptors (Lipinski definition) is 7. The summed E-state index contributed by atoms with van der Waals surface area (Å²) < 4.78 is 36.9. The van der Waals surface area contributed by atoms with Crippen molar-refractivity contribution in [3.05, 3.63) is 47.3 Å². The summed E-state index contributed by atoms with van der Waals surface area (Å²) in [6.07, 6.45) is 6.50. The van der Waals surface area contributed by atoms with Crippen LogP contribution in [0.4, 0.5) is 30.0 Å². The van der Waals surface area contributed by atoms with Crippen LogP contribution in [0.2, 0.25) is 0 Å². The maximum Gasteiger partial charge on any atom is 0.407 e. The van der Waals surface area contributed by atoms with E-state index in [-0.39, 0.29) is 56.2 Å². The fourth-order valence-electron chi connectivity index (χ4n) is 6.76. The zero-order chi connectivity index (χ0) is 32.7. The number of rotatable bonds is 13. The van der Waals surface area contributed by atoms with Gasteiger partial charge >= 0.3 is 12.1 Å². The van der Waals surface area contributed by atoms with Gasteiger partial charge in [-0.3, -0.25) is 4.90 Å². The average Bonchev–Trinajstić information content (AvgIpc) is 3.07. The number of ether oxygens (including phenoxy) is 1. The lowest BCUT2D eigenvalue weighted by molar-refractivity contribution is -0.0836. The second-order valence-electron chi connectivity index (χ2n) is 12.6. The molecule has 13 heteroatoms. The Kier molecular flexibility index (Phi) is 11.3. The van der Waals surface area contributed by atoms with E-state index in [1.807, 2.05) is 11.8 Å². The number of nitrogens with zero attached hydrogens (tertiary/aromatic N) is 5. The average molecular weight is 645 g/mol. The van der Waals surface area contributed by atoms with Gasteiger partial charge in [0.15, 0.2) is 0 Å². The lowest BCUT2D eigenvalue weighted by Crippen LogP contribution is -2.53. The van der Waals surface area contributed by atoms with E-state index < -0.39 is 17.9 Å². The van der Waals surface area contributed by atoms with Gasteiger partial charge in [0.2, 0.25) is 0 Å². The third kappa shape index (κ3) is 7.68. The Hall–Kier alpha value is -3.58. The summed E-state index contributed by atoms with van der Waals surface area (Å²) in [4.78, 5) is 39.0. The van der Waals surface area contributed by atoms with Gasteiger partial charge in [0.05, 0.1) is 12.1 Å². The number of carboxylic acid groups (broad SMARTS) is 1. The first kappa shape index (κ1) is 33.8. The molecule has 0 saturated carbocycles. The van der Waals surface area contributed by atoms with Gasteiger partial charge in [0.25, 0.3) is 5.92 Å². The largest absolute Gasteiger partial charge is 0.465 e. The van der Waals surface area contributed by atoms with Crippen molar-refractivity contribution in [1.29, 1.82) is 0 Å². The number of halogens is 2. The van der Waals surface area contributed by atoms with E-state index in [0.717, 1.165) is 50.5 Å². The van der Waals surface area contributed by atoms with Gasteiger partial charge in [0, 0.05) is 63.0 Å². The SMILES string of the molecule is CC(Nc1ncnc2c1CN(C1CCOCC1)C(=O)N2CCCCCCCO)c1cccc(C(F)(F)C2CCN(C(=O)O)CC2)c1. The number of unbranched alkanes of at least 4 members (excludes halogenated alkanes) is 4. The van der Waals surface area contributed by atoms with E-state index >= 15 is 8.78 Å². The van der Waals surface area contributed by atoms with Gasteiger partial charge in [-0.05, 0) is 57.1 Å². The first-order valence-electron chi connectivity index (χ1n) is 16.5. The number of fused-ring (bicyclic) bond motifs is 1. The zero-order valence-corrected chi connectivity index (χ0v) is 26.5. The molecule has 3 amide bonds.